The predicted octanol–water partition coefficient (Wildman–Crippen LogP) is 7.64. The number of rotatable bonds is 7. The summed E-state index contributed by atoms with van der Waals surface area (Å²) in [6.07, 6.45) is 3.10. The number of hydrogen-bond donors (Lipinski definition) is 0. The van der Waals surface area contributed by atoms with E-state index in [1.165, 1.54) is 57.5 Å². The first-order valence-electron chi connectivity index (χ1n) is 12.3. The SMILES string of the molecule is COc1ccc([O-])c(C=NC(C)(C)C(C)(C)N=Cc2cc(OC)ccc2[O-])c1.S=c1sc([S-])c([S-])s1.S=c1sc([S-])c([S-])s1.[Mn+3].[Ni+3]. The molecule has 0 unspecified atom stereocenters. The molecule has 6 nitrogen and oxygen atoms in total. The molecule has 0 saturated heterocycles. The molecule has 2 aromatic carbocycles. The van der Waals surface area contributed by atoms with Gasteiger partial charge in [0.25, 0.3) is 0 Å². The molecule has 4 aromatic rings. The summed E-state index contributed by atoms with van der Waals surface area (Å²) < 4.78 is 15.0. The van der Waals surface area contributed by atoms with Crippen LogP contribution in [-0.2, 0) is 84.1 Å². The molecule has 0 saturated carbocycles. The van der Waals surface area contributed by atoms with E-state index in [0.717, 1.165) is 23.1 Å². The molecule has 0 N–H and O–H groups in total. The zero-order valence-corrected chi connectivity index (χ0v) is 35.3. The topological polar surface area (TPSA) is 89.3 Å². The van der Waals surface area contributed by atoms with Crippen molar-refractivity contribution in [3.05, 3.63) is 53.8 Å². The van der Waals surface area contributed by atoms with Gasteiger partial charge in [0, 0.05) is 12.4 Å². The minimum atomic E-state index is -0.638. The molecule has 0 atom stereocenters. The van der Waals surface area contributed by atoms with E-state index < -0.39 is 11.1 Å². The second-order valence-corrected chi connectivity index (χ2v) is 18.6. The normalized spacial score (nSPS) is 11.0. The van der Waals surface area contributed by atoms with Gasteiger partial charge in [0.05, 0.1) is 25.3 Å². The molecule has 1 radical (unpaired) electrons. The second kappa shape index (κ2) is 20.8. The van der Waals surface area contributed by atoms with Gasteiger partial charge in [-0.15, -0.1) is 41.3 Å². The average Bonchev–Trinajstić information content (AvgIpc) is 3.43. The maximum absolute atomic E-state index is 12.0. The van der Waals surface area contributed by atoms with Gasteiger partial charge in [0.15, 0.2) is 0 Å². The molecular weight excluding hydrogens is 863 g/mol. The molecule has 2 aromatic heterocycles. The molecule has 0 bridgehead atoms. The average molecular weight is 889 g/mol. The smallest absolute Gasteiger partial charge is 0.872 e. The molecule has 249 valence electrons. The summed E-state index contributed by atoms with van der Waals surface area (Å²) in [5, 5.41) is 24.1. The van der Waals surface area contributed by atoms with Crippen molar-refractivity contribution in [2.24, 2.45) is 9.98 Å². The van der Waals surface area contributed by atoms with Crippen LogP contribution in [0, 0.1) is 6.28 Å². The Morgan fingerprint density at radius 2 is 0.935 bits per heavy atom. The fourth-order valence-corrected chi connectivity index (χ4v) is 9.34. The van der Waals surface area contributed by atoms with Gasteiger partial charge in [-0.2, -0.15) is 0 Å². The van der Waals surface area contributed by atoms with Gasteiger partial charge in [0.2, 0.25) is 0 Å². The van der Waals surface area contributed by atoms with Gasteiger partial charge < -0.3 is 116 Å². The van der Waals surface area contributed by atoms with E-state index in [1.54, 1.807) is 50.9 Å². The number of hydrogen-bond acceptors (Lipinski definition) is 16. The first kappa shape index (κ1) is 45.4. The largest absolute Gasteiger partial charge is 3.00 e. The maximum atomic E-state index is 12.0. The molecular formula is C28H26MnN2NiO4S10. The molecule has 18 heteroatoms. The molecule has 0 fully saturated rings. The molecule has 0 spiro atoms. The molecule has 46 heavy (non-hydrogen) atoms. The molecule has 2 heterocycles. The maximum Gasteiger partial charge on any atom is 3.00 e. The minimum absolute atomic E-state index is 0. The Kier molecular flexibility index (Phi) is 20.6. The summed E-state index contributed by atoms with van der Waals surface area (Å²) in [5.41, 5.74) is -0.384. The van der Waals surface area contributed by atoms with E-state index in [9.17, 15) is 10.2 Å². The zero-order chi connectivity index (χ0) is 33.2. The van der Waals surface area contributed by atoms with Crippen molar-refractivity contribution in [3.8, 4) is 23.0 Å². The molecule has 0 amide bonds. The van der Waals surface area contributed by atoms with Crippen LogP contribution in [0.15, 0.2) is 63.2 Å². The number of ether oxygens (including phenoxy) is 2. The summed E-state index contributed by atoms with van der Waals surface area (Å²) in [6, 6.07) is 9.45. The van der Waals surface area contributed by atoms with Crippen LogP contribution in [0.3, 0.4) is 0 Å². The van der Waals surface area contributed by atoms with E-state index in [0.29, 0.717) is 22.6 Å². The first-order chi connectivity index (χ1) is 20.5. The van der Waals surface area contributed by atoms with Crippen LogP contribution in [0.25, 0.3) is 0 Å². The second-order valence-electron chi connectivity index (χ2n) is 9.50. The van der Waals surface area contributed by atoms with Gasteiger partial charge in [-0.1, -0.05) is 23.6 Å². The van der Waals surface area contributed by atoms with Crippen LogP contribution in [0.4, 0.5) is 0 Å². The van der Waals surface area contributed by atoms with Crippen LogP contribution in [0.5, 0.6) is 23.0 Å². The Bertz CT molecular complexity index is 1560. The first-order valence-corrected chi connectivity index (χ1v) is 18.0. The van der Waals surface area contributed by atoms with Crippen molar-refractivity contribution in [1.29, 1.82) is 0 Å². The Morgan fingerprint density at radius 1 is 0.652 bits per heavy atom. The molecule has 0 aliphatic heterocycles. The Morgan fingerprint density at radius 3 is 1.15 bits per heavy atom. The Balaban J connectivity index is 0.000000914. The number of benzene rings is 2. The minimum Gasteiger partial charge on any atom is -0.872 e. The van der Waals surface area contributed by atoms with Crippen molar-refractivity contribution >= 4 is 133 Å². The van der Waals surface area contributed by atoms with E-state index >= 15 is 0 Å². The van der Waals surface area contributed by atoms with Crippen LogP contribution < -0.4 is 19.7 Å². The molecule has 0 aliphatic carbocycles. The van der Waals surface area contributed by atoms with Crippen LogP contribution >= 0.6 is 69.8 Å². The quantitative estimate of drug-likeness (QED) is 0.0799. The number of aliphatic imine (C=N–C) groups is 2. The van der Waals surface area contributed by atoms with Crippen molar-refractivity contribution in [3.63, 3.8) is 0 Å². The third-order valence-electron chi connectivity index (χ3n) is 6.02. The van der Waals surface area contributed by atoms with E-state index in [4.69, 9.17) is 84.4 Å². The summed E-state index contributed by atoms with van der Waals surface area (Å²) in [5.74, 6) is 0.928. The summed E-state index contributed by atoms with van der Waals surface area (Å²) in [7, 11) is 3.09. The fourth-order valence-electron chi connectivity index (χ4n) is 2.80. The summed E-state index contributed by atoms with van der Waals surface area (Å²) in [6.45, 7) is 7.70. The van der Waals surface area contributed by atoms with Crippen molar-refractivity contribution in [2.75, 3.05) is 14.2 Å². The monoisotopic (exact) mass is 887 g/mol. The summed E-state index contributed by atoms with van der Waals surface area (Å²) >= 11 is 34.6. The zero-order valence-electron chi connectivity index (χ0n) is 24.9. The van der Waals surface area contributed by atoms with Gasteiger partial charge >= 0.3 is 33.6 Å². The van der Waals surface area contributed by atoms with Crippen molar-refractivity contribution in [2.45, 2.75) is 55.6 Å². The Labute approximate surface area is 338 Å². The molecule has 4 rings (SSSR count). The van der Waals surface area contributed by atoms with Crippen molar-refractivity contribution < 1.29 is 53.2 Å². The van der Waals surface area contributed by atoms with Crippen LogP contribution in [0.2, 0.25) is 0 Å². The van der Waals surface area contributed by atoms with E-state index in [-0.39, 0.29) is 45.1 Å². The summed E-state index contributed by atoms with van der Waals surface area (Å²) in [4.78, 5) is 9.21. The number of methoxy groups -OCH3 is 2. The predicted molar refractivity (Wildman–Crippen MR) is 197 cm³/mol. The Hall–Kier alpha value is -0.587. The third kappa shape index (κ3) is 14.1. The van der Waals surface area contributed by atoms with Crippen molar-refractivity contribution in [1.82, 2.24) is 0 Å². The standard InChI is InChI=1S/C22H28N2O4.2C3H2S5.Mn.Ni/c1-21(2,23-13-15-11-17(27-5)7-9-19(15)25)22(3,4)24-14-16-12-18(28-6)8-10-20(16)26;2*4-1-2(5)8-3(6)7-1;;/h7-14,25-26H,1-6H3;2*4-5H;;/q;;;2*+3/p-6. The van der Waals surface area contributed by atoms with Crippen LogP contribution in [0.1, 0.15) is 38.8 Å². The molecule has 0 aliphatic rings. The van der Waals surface area contributed by atoms with Gasteiger partial charge in [0.1, 0.15) is 11.5 Å². The van der Waals surface area contributed by atoms with Gasteiger partial charge in [-0.3, -0.25) is 9.98 Å². The number of nitrogens with zero attached hydrogens (tertiary/aromatic N) is 2. The van der Waals surface area contributed by atoms with E-state index in [1.807, 2.05) is 27.7 Å². The van der Waals surface area contributed by atoms with Crippen LogP contribution in [-0.4, -0.2) is 37.7 Å². The van der Waals surface area contributed by atoms with Gasteiger partial charge in [-0.25, -0.2) is 0 Å². The van der Waals surface area contributed by atoms with E-state index in [2.05, 4.69) is 9.98 Å². The van der Waals surface area contributed by atoms with Gasteiger partial charge in [-0.05, 0) is 69.4 Å². The fraction of sp³-hybridized carbons (Fsp3) is 0.286. The third-order valence-corrected chi connectivity index (χ3v) is 13.1.